The van der Waals surface area contributed by atoms with Crippen LogP contribution in [0.15, 0.2) is 10.5 Å². The van der Waals surface area contributed by atoms with Crippen molar-refractivity contribution < 1.29 is 32.7 Å². The second-order valence-corrected chi connectivity index (χ2v) is 11.1. The number of hydrogen-bond donors (Lipinski definition) is 1. The van der Waals surface area contributed by atoms with Gasteiger partial charge in [0.15, 0.2) is 5.13 Å². The normalized spacial score (nSPS) is 13.1. The third-order valence-corrected chi connectivity index (χ3v) is 6.05. The predicted octanol–water partition coefficient (Wildman–Crippen LogP) is 3.41. The number of ether oxygens (including phenoxy) is 1. The Labute approximate surface area is 185 Å². The Morgan fingerprint density at radius 1 is 1.20 bits per heavy atom. The molecule has 0 fully saturated rings. The molecular weight excluding hydrogens is 453 g/mol. The van der Waals surface area contributed by atoms with Gasteiger partial charge in [0.25, 0.3) is 0 Å². The van der Waals surface area contributed by atoms with Crippen LogP contribution < -0.4 is 5.73 Å². The smallest absolute Gasteiger partial charge is 0.383 e. The van der Waals surface area contributed by atoms with Crippen molar-refractivity contribution in [2.75, 3.05) is 18.9 Å². The Morgan fingerprint density at radius 2 is 1.77 bits per heavy atom. The molecule has 0 bridgehead atoms. The summed E-state index contributed by atoms with van der Waals surface area (Å²) in [6.45, 7) is 8.46. The molecule has 30 heavy (non-hydrogen) atoms. The lowest BCUT2D eigenvalue weighted by atomic mass is 10.1. The SMILES string of the molecule is CCOP(=S)(OCC)OC(=O)C(=NOC(C)(C)C(=O)OC(C)(C)C)c1csc(N)n1. The average molecular weight is 482 g/mol. The van der Waals surface area contributed by atoms with E-state index in [1.807, 2.05) is 0 Å². The van der Waals surface area contributed by atoms with E-state index in [0.717, 1.165) is 11.3 Å². The molecule has 1 rings (SSSR count). The molecule has 170 valence electrons. The van der Waals surface area contributed by atoms with Crippen molar-refractivity contribution in [3.8, 4) is 0 Å². The van der Waals surface area contributed by atoms with Crippen LogP contribution in [0, 0.1) is 0 Å². The lowest BCUT2D eigenvalue weighted by molar-refractivity contribution is -0.179. The number of hydrogen-bond acceptors (Lipinski definition) is 12. The Bertz CT molecular complexity index is 824. The van der Waals surface area contributed by atoms with Crippen LogP contribution in [0.25, 0.3) is 0 Å². The highest BCUT2D eigenvalue weighted by atomic mass is 32.5. The molecule has 0 aliphatic carbocycles. The maximum absolute atomic E-state index is 12.8. The lowest BCUT2D eigenvalue weighted by Gasteiger charge is -2.27. The van der Waals surface area contributed by atoms with Crippen molar-refractivity contribution in [1.29, 1.82) is 0 Å². The Hall–Kier alpha value is -1.59. The maximum Gasteiger partial charge on any atom is 0.383 e. The summed E-state index contributed by atoms with van der Waals surface area (Å²) in [6.07, 6.45) is 0. The third kappa shape index (κ3) is 8.27. The molecule has 0 saturated carbocycles. The molecule has 1 heterocycles. The van der Waals surface area contributed by atoms with E-state index in [-0.39, 0.29) is 29.8 Å². The summed E-state index contributed by atoms with van der Waals surface area (Å²) in [5.41, 5.74) is 3.19. The molecular formula is C17H28N3O7PS2. The summed E-state index contributed by atoms with van der Waals surface area (Å²) < 4.78 is 21.2. The molecule has 0 unspecified atom stereocenters. The highest BCUT2D eigenvalue weighted by molar-refractivity contribution is 8.07. The fourth-order valence-corrected chi connectivity index (χ4v) is 4.22. The van der Waals surface area contributed by atoms with Crippen LogP contribution in [0.4, 0.5) is 5.13 Å². The number of aromatic nitrogens is 1. The summed E-state index contributed by atoms with van der Waals surface area (Å²) >= 11 is 6.31. The van der Waals surface area contributed by atoms with E-state index in [2.05, 4.69) is 10.1 Å². The standard InChI is InChI=1S/C17H28N3O7PS2/c1-8-23-28(29,24-9-2)26-13(21)12(11-10-30-15(18)19-11)20-27-17(6,7)14(22)25-16(3,4)5/h10H,8-9H2,1-7H3,(H2,18,19). The Balaban J connectivity index is 3.19. The average Bonchev–Trinajstić information content (AvgIpc) is 2.99. The molecule has 0 amide bonds. The highest BCUT2D eigenvalue weighted by Crippen LogP contribution is 2.50. The number of esters is 1. The van der Waals surface area contributed by atoms with Crippen molar-refractivity contribution in [3.63, 3.8) is 0 Å². The van der Waals surface area contributed by atoms with E-state index >= 15 is 0 Å². The highest BCUT2D eigenvalue weighted by Gasteiger charge is 2.37. The first-order valence-electron chi connectivity index (χ1n) is 9.07. The molecule has 1 aromatic heterocycles. The zero-order valence-corrected chi connectivity index (χ0v) is 20.6. The van der Waals surface area contributed by atoms with Crippen molar-refractivity contribution in [1.82, 2.24) is 4.98 Å². The predicted molar refractivity (Wildman–Crippen MR) is 118 cm³/mol. The molecule has 0 atom stereocenters. The van der Waals surface area contributed by atoms with Crippen molar-refractivity contribution in [3.05, 3.63) is 11.1 Å². The molecule has 1 aromatic rings. The fraction of sp³-hybridized carbons (Fsp3) is 0.647. The summed E-state index contributed by atoms with van der Waals surface area (Å²) in [7, 11) is 0. The van der Waals surface area contributed by atoms with Gasteiger partial charge in [0.2, 0.25) is 11.3 Å². The third-order valence-electron chi connectivity index (χ3n) is 2.98. The fourth-order valence-electron chi connectivity index (χ4n) is 1.73. The van der Waals surface area contributed by atoms with Crippen LogP contribution in [0.1, 0.15) is 54.2 Å². The van der Waals surface area contributed by atoms with Crippen molar-refractivity contribution in [2.45, 2.75) is 59.7 Å². The molecule has 0 saturated heterocycles. The van der Waals surface area contributed by atoms with E-state index < -0.39 is 29.9 Å². The minimum atomic E-state index is -3.35. The van der Waals surface area contributed by atoms with Gasteiger partial charge in [-0.3, -0.25) is 9.05 Å². The molecule has 0 spiro atoms. The number of oxime groups is 1. The molecule has 2 N–H and O–H groups in total. The molecule has 0 aliphatic rings. The van der Waals surface area contributed by atoms with Gasteiger partial charge in [0.1, 0.15) is 11.3 Å². The quantitative estimate of drug-likeness (QED) is 0.229. The van der Waals surface area contributed by atoms with Gasteiger partial charge in [-0.05, 0) is 48.5 Å². The number of nitrogen functional groups attached to an aromatic ring is 1. The van der Waals surface area contributed by atoms with E-state index in [9.17, 15) is 9.59 Å². The zero-order valence-electron chi connectivity index (χ0n) is 18.1. The van der Waals surface area contributed by atoms with Crippen LogP contribution in [-0.4, -0.2) is 47.1 Å². The minimum Gasteiger partial charge on any atom is -0.457 e. The molecule has 0 aromatic carbocycles. The van der Waals surface area contributed by atoms with Gasteiger partial charge >= 0.3 is 18.7 Å². The first-order valence-corrected chi connectivity index (χ1v) is 12.5. The van der Waals surface area contributed by atoms with E-state index in [0.29, 0.717) is 0 Å². The van der Waals surface area contributed by atoms with Gasteiger partial charge in [-0.15, -0.1) is 11.3 Å². The van der Waals surface area contributed by atoms with Crippen LogP contribution >= 0.6 is 18.1 Å². The van der Waals surface area contributed by atoms with Crippen molar-refractivity contribution >= 4 is 52.6 Å². The zero-order chi connectivity index (χ0) is 23.2. The van der Waals surface area contributed by atoms with Crippen LogP contribution in [0.5, 0.6) is 0 Å². The Kier molecular flexibility index (Phi) is 9.37. The van der Waals surface area contributed by atoms with E-state index in [1.54, 1.807) is 34.6 Å². The molecule has 0 aliphatic heterocycles. The summed E-state index contributed by atoms with van der Waals surface area (Å²) in [5, 5.41) is 5.51. The Morgan fingerprint density at radius 3 is 2.20 bits per heavy atom. The van der Waals surface area contributed by atoms with Gasteiger partial charge in [-0.2, -0.15) is 0 Å². The van der Waals surface area contributed by atoms with Gasteiger partial charge < -0.3 is 19.8 Å². The van der Waals surface area contributed by atoms with Gasteiger partial charge in [-0.1, -0.05) is 5.16 Å². The number of carbonyl (C=O) groups excluding carboxylic acids is 2. The number of anilines is 1. The van der Waals surface area contributed by atoms with Crippen LogP contribution in [-0.2, 0) is 44.5 Å². The monoisotopic (exact) mass is 481 g/mol. The summed E-state index contributed by atoms with van der Waals surface area (Å²) in [6, 6.07) is 0. The molecule has 13 heteroatoms. The lowest BCUT2D eigenvalue weighted by Crippen LogP contribution is -2.40. The number of thiazole rings is 1. The van der Waals surface area contributed by atoms with Gasteiger partial charge in [0.05, 0.1) is 13.2 Å². The largest absolute Gasteiger partial charge is 0.457 e. The second-order valence-electron chi connectivity index (χ2n) is 7.28. The number of nitrogens with zero attached hydrogens (tertiary/aromatic N) is 2. The van der Waals surface area contributed by atoms with Gasteiger partial charge in [0, 0.05) is 17.2 Å². The number of carbonyl (C=O) groups is 2. The van der Waals surface area contributed by atoms with Crippen molar-refractivity contribution in [2.24, 2.45) is 5.16 Å². The van der Waals surface area contributed by atoms with E-state index in [1.165, 1.54) is 19.2 Å². The second kappa shape index (κ2) is 10.6. The first-order chi connectivity index (χ1) is 13.7. The number of nitrogens with two attached hydrogens (primary N) is 1. The van der Waals surface area contributed by atoms with Crippen LogP contribution in [0.2, 0.25) is 0 Å². The summed E-state index contributed by atoms with van der Waals surface area (Å²) in [4.78, 5) is 34.6. The molecule has 0 radical (unpaired) electrons. The maximum atomic E-state index is 12.8. The molecule has 10 nitrogen and oxygen atoms in total. The topological polar surface area (TPSA) is 132 Å². The van der Waals surface area contributed by atoms with Gasteiger partial charge in [-0.25, -0.2) is 14.6 Å². The minimum absolute atomic E-state index is 0.0945. The van der Waals surface area contributed by atoms with Crippen LogP contribution in [0.3, 0.4) is 0 Å². The first kappa shape index (κ1) is 26.4. The summed E-state index contributed by atoms with van der Waals surface area (Å²) in [5.74, 6) is -1.65. The van der Waals surface area contributed by atoms with E-state index in [4.69, 9.17) is 40.7 Å². The number of rotatable bonds is 10.